The fourth-order valence-electron chi connectivity index (χ4n) is 2.99. The number of ether oxygens (including phenoxy) is 1. The first-order chi connectivity index (χ1) is 11.9. The second-order valence-corrected chi connectivity index (χ2v) is 8.39. The molecule has 1 heterocycles. The Labute approximate surface area is 148 Å². The summed E-state index contributed by atoms with van der Waals surface area (Å²) >= 11 is 0. The zero-order valence-electron chi connectivity index (χ0n) is 14.2. The summed E-state index contributed by atoms with van der Waals surface area (Å²) in [7, 11) is -3.47. The maximum atomic E-state index is 12.9. The minimum absolute atomic E-state index is 0.124. The summed E-state index contributed by atoms with van der Waals surface area (Å²) in [5.41, 5.74) is 1.03. The molecule has 0 spiro atoms. The average molecular weight is 363 g/mol. The highest BCUT2D eigenvalue weighted by atomic mass is 32.2. The van der Waals surface area contributed by atoms with Gasteiger partial charge in [-0.3, -0.25) is 0 Å². The Bertz CT molecular complexity index is 804. The van der Waals surface area contributed by atoms with Gasteiger partial charge in [-0.05, 0) is 56.2 Å². The standard InChI is InChI=1S/C19H22FNO3S/c1-15-4-10-19(11-5-15)25(22,23)21-12-2-3-16(13-21)14-24-18-8-6-17(20)7-9-18/h4-11,16H,2-3,12-14H2,1H3. The molecule has 134 valence electrons. The van der Waals surface area contributed by atoms with E-state index in [0.717, 1.165) is 18.4 Å². The van der Waals surface area contributed by atoms with Crippen molar-refractivity contribution in [2.24, 2.45) is 5.92 Å². The first-order valence-electron chi connectivity index (χ1n) is 8.40. The molecule has 2 aromatic rings. The Morgan fingerprint density at radius 1 is 1.12 bits per heavy atom. The molecule has 0 aromatic heterocycles. The van der Waals surface area contributed by atoms with E-state index >= 15 is 0 Å². The molecular formula is C19H22FNO3S. The van der Waals surface area contributed by atoms with Gasteiger partial charge in [0.2, 0.25) is 10.0 Å². The first kappa shape index (κ1) is 17.9. The van der Waals surface area contributed by atoms with E-state index in [1.807, 2.05) is 19.1 Å². The number of benzene rings is 2. The zero-order valence-corrected chi connectivity index (χ0v) is 15.0. The van der Waals surface area contributed by atoms with E-state index in [0.29, 0.717) is 30.3 Å². The van der Waals surface area contributed by atoms with Crippen molar-refractivity contribution in [2.75, 3.05) is 19.7 Å². The van der Waals surface area contributed by atoms with Gasteiger partial charge in [0.1, 0.15) is 11.6 Å². The molecule has 2 aromatic carbocycles. The second-order valence-electron chi connectivity index (χ2n) is 6.45. The SMILES string of the molecule is Cc1ccc(S(=O)(=O)N2CCCC(COc3ccc(F)cc3)C2)cc1. The number of hydrogen-bond acceptors (Lipinski definition) is 3. The van der Waals surface area contributed by atoms with Crippen molar-refractivity contribution in [3.05, 3.63) is 59.9 Å². The highest BCUT2D eigenvalue weighted by molar-refractivity contribution is 7.89. The van der Waals surface area contributed by atoms with E-state index in [1.165, 1.54) is 12.1 Å². The van der Waals surface area contributed by atoms with Crippen molar-refractivity contribution in [2.45, 2.75) is 24.7 Å². The summed E-state index contributed by atoms with van der Waals surface area (Å²) in [6, 6.07) is 12.8. The van der Waals surface area contributed by atoms with Gasteiger partial charge in [0.25, 0.3) is 0 Å². The number of piperidine rings is 1. The number of nitrogens with zero attached hydrogens (tertiary/aromatic N) is 1. The molecule has 0 saturated carbocycles. The van der Waals surface area contributed by atoms with E-state index in [4.69, 9.17) is 4.74 Å². The van der Waals surface area contributed by atoms with Gasteiger partial charge in [0, 0.05) is 19.0 Å². The van der Waals surface area contributed by atoms with Gasteiger partial charge in [-0.15, -0.1) is 0 Å². The monoisotopic (exact) mass is 363 g/mol. The van der Waals surface area contributed by atoms with Crippen LogP contribution in [0.2, 0.25) is 0 Å². The van der Waals surface area contributed by atoms with Crippen LogP contribution in [0.4, 0.5) is 4.39 Å². The van der Waals surface area contributed by atoms with Crippen LogP contribution in [0.1, 0.15) is 18.4 Å². The maximum Gasteiger partial charge on any atom is 0.243 e. The average Bonchev–Trinajstić information content (AvgIpc) is 2.62. The fraction of sp³-hybridized carbons (Fsp3) is 0.368. The van der Waals surface area contributed by atoms with Crippen molar-refractivity contribution >= 4 is 10.0 Å². The van der Waals surface area contributed by atoms with E-state index < -0.39 is 10.0 Å². The third-order valence-electron chi connectivity index (χ3n) is 4.44. The van der Waals surface area contributed by atoms with Gasteiger partial charge in [0.15, 0.2) is 0 Å². The van der Waals surface area contributed by atoms with Crippen LogP contribution >= 0.6 is 0 Å². The summed E-state index contributed by atoms with van der Waals surface area (Å²) in [4.78, 5) is 0.332. The van der Waals surface area contributed by atoms with Gasteiger partial charge < -0.3 is 4.74 Å². The van der Waals surface area contributed by atoms with Crippen LogP contribution in [0, 0.1) is 18.7 Å². The van der Waals surface area contributed by atoms with E-state index in [2.05, 4.69) is 0 Å². The van der Waals surface area contributed by atoms with Crippen LogP contribution in [0.25, 0.3) is 0 Å². The molecule has 0 N–H and O–H groups in total. The molecule has 0 bridgehead atoms. The lowest BCUT2D eigenvalue weighted by molar-refractivity contribution is 0.180. The predicted molar refractivity (Wildman–Crippen MR) is 94.6 cm³/mol. The number of hydrogen-bond donors (Lipinski definition) is 0. The Hall–Kier alpha value is -1.92. The molecule has 1 aliphatic heterocycles. The molecule has 0 radical (unpaired) electrons. The van der Waals surface area contributed by atoms with Crippen LogP contribution in [0.15, 0.2) is 53.4 Å². The van der Waals surface area contributed by atoms with Crippen molar-refractivity contribution < 1.29 is 17.5 Å². The van der Waals surface area contributed by atoms with Crippen molar-refractivity contribution in [3.63, 3.8) is 0 Å². The van der Waals surface area contributed by atoms with Crippen molar-refractivity contribution in [1.82, 2.24) is 4.31 Å². The smallest absolute Gasteiger partial charge is 0.243 e. The molecule has 6 heteroatoms. The molecule has 1 atom stereocenters. The molecule has 1 unspecified atom stereocenters. The van der Waals surface area contributed by atoms with Gasteiger partial charge >= 0.3 is 0 Å². The van der Waals surface area contributed by atoms with Crippen LogP contribution < -0.4 is 4.74 Å². The molecule has 1 fully saturated rings. The molecular weight excluding hydrogens is 341 g/mol. The van der Waals surface area contributed by atoms with E-state index in [9.17, 15) is 12.8 Å². The van der Waals surface area contributed by atoms with E-state index in [-0.39, 0.29) is 11.7 Å². The van der Waals surface area contributed by atoms with Gasteiger partial charge in [-0.2, -0.15) is 4.31 Å². The van der Waals surface area contributed by atoms with Crippen LogP contribution in [0.3, 0.4) is 0 Å². The lowest BCUT2D eigenvalue weighted by atomic mass is 10.0. The lowest BCUT2D eigenvalue weighted by Gasteiger charge is -2.31. The quantitative estimate of drug-likeness (QED) is 0.815. The Kier molecular flexibility index (Phi) is 5.39. The third-order valence-corrected chi connectivity index (χ3v) is 6.32. The minimum Gasteiger partial charge on any atom is -0.493 e. The summed E-state index contributed by atoms with van der Waals surface area (Å²) < 4.78 is 45.8. The van der Waals surface area contributed by atoms with E-state index in [1.54, 1.807) is 28.6 Å². The summed E-state index contributed by atoms with van der Waals surface area (Å²) in [6.07, 6.45) is 1.73. The number of rotatable bonds is 5. The third kappa shape index (κ3) is 4.38. The van der Waals surface area contributed by atoms with Gasteiger partial charge in [0.05, 0.1) is 11.5 Å². The Balaban J connectivity index is 1.64. The fourth-order valence-corrected chi connectivity index (χ4v) is 4.54. The van der Waals surface area contributed by atoms with Gasteiger partial charge in [-0.1, -0.05) is 17.7 Å². The number of halogens is 1. The topological polar surface area (TPSA) is 46.6 Å². The Morgan fingerprint density at radius 3 is 2.48 bits per heavy atom. The zero-order chi connectivity index (χ0) is 17.9. The molecule has 0 amide bonds. The molecule has 0 aliphatic carbocycles. The normalized spacial score (nSPS) is 18.9. The van der Waals surface area contributed by atoms with Crippen LogP contribution in [-0.4, -0.2) is 32.4 Å². The molecule has 1 saturated heterocycles. The number of aryl methyl sites for hydroxylation is 1. The molecule has 25 heavy (non-hydrogen) atoms. The number of sulfonamides is 1. The summed E-state index contributed by atoms with van der Waals surface area (Å²) in [5, 5.41) is 0. The highest BCUT2D eigenvalue weighted by Crippen LogP contribution is 2.25. The summed E-state index contributed by atoms with van der Waals surface area (Å²) in [5.74, 6) is 0.416. The predicted octanol–water partition coefficient (Wildman–Crippen LogP) is 3.61. The van der Waals surface area contributed by atoms with Crippen molar-refractivity contribution in [3.8, 4) is 5.75 Å². The lowest BCUT2D eigenvalue weighted by Crippen LogP contribution is -2.41. The first-order valence-corrected chi connectivity index (χ1v) is 9.84. The van der Waals surface area contributed by atoms with Gasteiger partial charge in [-0.25, -0.2) is 12.8 Å². The minimum atomic E-state index is -3.47. The molecule has 1 aliphatic rings. The largest absolute Gasteiger partial charge is 0.493 e. The Morgan fingerprint density at radius 2 is 1.80 bits per heavy atom. The van der Waals surface area contributed by atoms with Crippen molar-refractivity contribution in [1.29, 1.82) is 0 Å². The summed E-state index contributed by atoms with van der Waals surface area (Å²) in [6.45, 7) is 3.33. The highest BCUT2D eigenvalue weighted by Gasteiger charge is 2.30. The van der Waals surface area contributed by atoms with Crippen LogP contribution in [0.5, 0.6) is 5.75 Å². The molecule has 3 rings (SSSR count). The molecule has 4 nitrogen and oxygen atoms in total. The van der Waals surface area contributed by atoms with Crippen LogP contribution in [-0.2, 0) is 10.0 Å². The second kappa shape index (κ2) is 7.54. The maximum absolute atomic E-state index is 12.9.